The minimum absolute atomic E-state index is 0.153. The molecule has 144 valence electrons. The Morgan fingerprint density at radius 3 is 2.15 bits per heavy atom. The maximum Gasteiger partial charge on any atom is 0.275 e. The van der Waals surface area contributed by atoms with E-state index in [-0.39, 0.29) is 11.9 Å². The quantitative estimate of drug-likeness (QED) is 0.672. The fraction of sp³-hybridized carbons (Fsp3) is 0.409. The number of amides is 1. The zero-order chi connectivity index (χ0) is 19.2. The molecule has 1 aliphatic rings. The molecule has 0 spiro atoms. The zero-order valence-electron chi connectivity index (χ0n) is 16.2. The van der Waals surface area contributed by atoms with Crippen molar-refractivity contribution in [3.05, 3.63) is 70.7 Å². The number of piperazine rings is 1. The molecule has 0 radical (unpaired) electrons. The van der Waals surface area contributed by atoms with Crippen molar-refractivity contribution < 1.29 is 14.6 Å². The molecule has 0 aliphatic carbocycles. The monoisotopic (exact) mass is 387 g/mol. The minimum atomic E-state index is 0.153. The third kappa shape index (κ3) is 5.55. The molecule has 1 heterocycles. The average molecular weight is 388 g/mol. The number of hydrogen-bond acceptors (Lipinski definition) is 1. The van der Waals surface area contributed by atoms with Gasteiger partial charge in [-0.1, -0.05) is 54.1 Å². The van der Waals surface area contributed by atoms with Crippen LogP contribution in [0, 0.1) is 0 Å². The molecule has 1 aliphatic heterocycles. The second kappa shape index (κ2) is 9.36. The van der Waals surface area contributed by atoms with Crippen LogP contribution in [0.1, 0.15) is 31.0 Å². The lowest BCUT2D eigenvalue weighted by Gasteiger charge is -2.35. The third-order valence-electron chi connectivity index (χ3n) is 5.20. The summed E-state index contributed by atoms with van der Waals surface area (Å²) in [5.41, 5.74) is 2.62. The Balaban J connectivity index is 1.70. The Kier molecular flexibility index (Phi) is 6.89. The third-order valence-corrected chi connectivity index (χ3v) is 5.46. The topological polar surface area (TPSA) is 38.0 Å². The highest BCUT2D eigenvalue weighted by Crippen LogP contribution is 2.21. The van der Waals surface area contributed by atoms with E-state index >= 15 is 0 Å². The van der Waals surface area contributed by atoms with Crippen LogP contribution in [0.5, 0.6) is 0 Å². The highest BCUT2D eigenvalue weighted by atomic mass is 35.5. The van der Waals surface area contributed by atoms with Gasteiger partial charge in [0.05, 0.1) is 0 Å². The van der Waals surface area contributed by atoms with Crippen molar-refractivity contribution in [2.75, 3.05) is 32.7 Å². The van der Waals surface area contributed by atoms with Gasteiger partial charge in [0.25, 0.3) is 5.91 Å². The molecule has 2 aromatic carbocycles. The first kappa shape index (κ1) is 19.9. The van der Waals surface area contributed by atoms with Crippen LogP contribution in [0.15, 0.2) is 54.6 Å². The summed E-state index contributed by atoms with van der Waals surface area (Å²) < 4.78 is 0. The molecule has 0 saturated carbocycles. The molecular weight excluding hydrogens is 358 g/mol. The number of nitrogens with one attached hydrogen (secondary N) is 3. The Labute approximate surface area is 167 Å². The maximum absolute atomic E-state index is 12.1. The Morgan fingerprint density at radius 2 is 1.56 bits per heavy atom. The molecule has 2 aromatic rings. The maximum atomic E-state index is 12.1. The molecule has 0 bridgehead atoms. The summed E-state index contributed by atoms with van der Waals surface area (Å²) >= 11 is 6.10. The largest absolute Gasteiger partial charge is 0.349 e. The number of quaternary nitrogens is 2. The van der Waals surface area contributed by atoms with Crippen molar-refractivity contribution in [2.45, 2.75) is 25.9 Å². The molecule has 0 aromatic heterocycles. The number of benzene rings is 2. The number of carbonyl (C=O) groups is 1. The molecule has 1 fully saturated rings. The molecule has 0 unspecified atom stereocenters. The summed E-state index contributed by atoms with van der Waals surface area (Å²) in [7, 11) is 0. The Bertz CT molecular complexity index is 725. The van der Waals surface area contributed by atoms with E-state index < -0.39 is 0 Å². The summed E-state index contributed by atoms with van der Waals surface area (Å²) in [5.74, 6) is 0.153. The Morgan fingerprint density at radius 1 is 0.963 bits per heavy atom. The van der Waals surface area contributed by atoms with Crippen molar-refractivity contribution in [3.8, 4) is 0 Å². The van der Waals surface area contributed by atoms with Crippen LogP contribution in [0.25, 0.3) is 0 Å². The first-order valence-electron chi connectivity index (χ1n) is 9.81. The second-order valence-electron chi connectivity index (χ2n) is 7.70. The summed E-state index contributed by atoms with van der Waals surface area (Å²) in [5, 5.41) is 3.77. The number of rotatable bonds is 6. The smallest absolute Gasteiger partial charge is 0.275 e. The van der Waals surface area contributed by atoms with Crippen LogP contribution in [-0.2, 0) is 4.79 Å². The van der Waals surface area contributed by atoms with Gasteiger partial charge in [0, 0.05) is 22.2 Å². The first-order valence-corrected chi connectivity index (χ1v) is 10.2. The molecule has 1 atom stereocenters. The van der Waals surface area contributed by atoms with Crippen LogP contribution in [0.2, 0.25) is 5.02 Å². The van der Waals surface area contributed by atoms with Crippen LogP contribution < -0.4 is 15.1 Å². The lowest BCUT2D eigenvalue weighted by Crippen LogP contribution is -3.28. The fourth-order valence-corrected chi connectivity index (χ4v) is 4.08. The van der Waals surface area contributed by atoms with Crippen molar-refractivity contribution in [1.82, 2.24) is 5.32 Å². The van der Waals surface area contributed by atoms with Gasteiger partial charge in [-0.05, 0) is 26.0 Å². The summed E-state index contributed by atoms with van der Waals surface area (Å²) in [6.45, 7) is 8.70. The van der Waals surface area contributed by atoms with Gasteiger partial charge in [-0.3, -0.25) is 4.79 Å². The van der Waals surface area contributed by atoms with Gasteiger partial charge in [0.1, 0.15) is 32.2 Å². The van der Waals surface area contributed by atoms with E-state index in [1.54, 1.807) is 4.90 Å². The molecule has 3 rings (SSSR count). The first-order chi connectivity index (χ1) is 13.0. The summed E-state index contributed by atoms with van der Waals surface area (Å²) in [6, 6.07) is 19.4. The van der Waals surface area contributed by atoms with Crippen molar-refractivity contribution in [3.63, 3.8) is 0 Å². The molecule has 1 saturated heterocycles. The predicted octanol–water partition coefficient (Wildman–Crippen LogP) is 0.737. The standard InChI is InChI=1S/C22H28ClN3O/c1-17(2)24-21(27)16-25-12-14-26(15-13-25)22(18-6-4-3-5-7-18)19-8-10-20(23)11-9-19/h3-11,17,22H,12-16H2,1-2H3,(H,24,27)/p+2/t22-/m1/s1. The zero-order valence-corrected chi connectivity index (χ0v) is 16.9. The minimum Gasteiger partial charge on any atom is -0.349 e. The SMILES string of the molecule is CC(C)NC(=O)C[NH+]1CC[NH+]([C@H](c2ccccc2)c2ccc(Cl)cc2)CC1. The van der Waals surface area contributed by atoms with Crippen molar-refractivity contribution >= 4 is 17.5 Å². The molecule has 27 heavy (non-hydrogen) atoms. The second-order valence-corrected chi connectivity index (χ2v) is 8.14. The molecular formula is C22H30ClN3O+2. The number of carbonyl (C=O) groups excluding carboxylic acids is 1. The lowest BCUT2D eigenvalue weighted by molar-refractivity contribution is -1.02. The molecule has 1 amide bonds. The van der Waals surface area contributed by atoms with E-state index in [1.807, 2.05) is 26.0 Å². The van der Waals surface area contributed by atoms with Gasteiger partial charge in [-0.25, -0.2) is 0 Å². The van der Waals surface area contributed by atoms with E-state index in [0.717, 1.165) is 31.2 Å². The predicted molar refractivity (Wildman–Crippen MR) is 109 cm³/mol. The van der Waals surface area contributed by atoms with Crippen LogP contribution in [0.4, 0.5) is 0 Å². The van der Waals surface area contributed by atoms with E-state index in [9.17, 15) is 4.79 Å². The number of hydrogen-bond donors (Lipinski definition) is 3. The number of halogens is 1. The van der Waals surface area contributed by atoms with E-state index in [1.165, 1.54) is 16.0 Å². The highest BCUT2D eigenvalue weighted by Gasteiger charge is 2.32. The van der Waals surface area contributed by atoms with Crippen LogP contribution in [-0.4, -0.2) is 44.7 Å². The summed E-state index contributed by atoms with van der Waals surface area (Å²) in [6.07, 6.45) is 0. The van der Waals surface area contributed by atoms with Crippen molar-refractivity contribution in [2.24, 2.45) is 0 Å². The van der Waals surface area contributed by atoms with Gasteiger partial charge in [0.2, 0.25) is 0 Å². The van der Waals surface area contributed by atoms with Gasteiger partial charge in [-0.15, -0.1) is 0 Å². The summed E-state index contributed by atoms with van der Waals surface area (Å²) in [4.78, 5) is 15.0. The van der Waals surface area contributed by atoms with Gasteiger partial charge in [0.15, 0.2) is 6.54 Å². The lowest BCUT2D eigenvalue weighted by atomic mass is 9.96. The molecule has 5 heteroatoms. The van der Waals surface area contributed by atoms with Gasteiger partial charge in [-0.2, -0.15) is 0 Å². The van der Waals surface area contributed by atoms with Crippen LogP contribution in [0.3, 0.4) is 0 Å². The Hall–Kier alpha value is -1.88. The van der Waals surface area contributed by atoms with Crippen molar-refractivity contribution in [1.29, 1.82) is 0 Å². The highest BCUT2D eigenvalue weighted by molar-refractivity contribution is 6.30. The normalized spacial score (nSPS) is 21.0. The average Bonchev–Trinajstić information content (AvgIpc) is 2.65. The molecule has 3 N–H and O–H groups in total. The fourth-order valence-electron chi connectivity index (χ4n) is 3.95. The molecule has 4 nitrogen and oxygen atoms in total. The van der Waals surface area contributed by atoms with Gasteiger partial charge >= 0.3 is 0 Å². The van der Waals surface area contributed by atoms with Gasteiger partial charge < -0.3 is 15.1 Å². The van der Waals surface area contributed by atoms with E-state index in [4.69, 9.17) is 11.6 Å². The van der Waals surface area contributed by atoms with Crippen LogP contribution >= 0.6 is 11.6 Å². The van der Waals surface area contributed by atoms with E-state index in [2.05, 4.69) is 47.8 Å². The van der Waals surface area contributed by atoms with E-state index in [0.29, 0.717) is 12.6 Å².